The first kappa shape index (κ1) is 16.9. The van der Waals surface area contributed by atoms with Crippen LogP contribution >= 0.6 is 0 Å². The monoisotopic (exact) mass is 336 g/mol. The number of carbonyl (C=O) groups excluding carboxylic acids is 3. The van der Waals surface area contributed by atoms with Crippen LogP contribution in [0.1, 0.15) is 52.5 Å². The van der Waals surface area contributed by atoms with Gasteiger partial charge in [-0.3, -0.25) is 19.3 Å². The van der Waals surface area contributed by atoms with Gasteiger partial charge in [0.2, 0.25) is 5.91 Å². The molecule has 2 aromatic rings. The summed E-state index contributed by atoms with van der Waals surface area (Å²) in [6.45, 7) is 4.24. The Morgan fingerprint density at radius 2 is 1.64 bits per heavy atom. The second-order valence-corrected chi connectivity index (χ2v) is 6.39. The second kappa shape index (κ2) is 6.89. The molecule has 3 rings (SSSR count). The van der Waals surface area contributed by atoms with Gasteiger partial charge < -0.3 is 5.32 Å². The zero-order valence-electron chi connectivity index (χ0n) is 14.3. The van der Waals surface area contributed by atoms with E-state index in [2.05, 4.69) is 19.2 Å². The lowest BCUT2D eigenvalue weighted by atomic mass is 10.0. The van der Waals surface area contributed by atoms with Crippen molar-refractivity contribution in [3.05, 3.63) is 65.2 Å². The molecule has 0 bridgehead atoms. The average molecular weight is 336 g/mol. The van der Waals surface area contributed by atoms with Crippen LogP contribution in [0.25, 0.3) is 0 Å². The van der Waals surface area contributed by atoms with E-state index in [1.165, 1.54) is 0 Å². The van der Waals surface area contributed by atoms with Crippen molar-refractivity contribution in [3.63, 3.8) is 0 Å². The summed E-state index contributed by atoms with van der Waals surface area (Å²) in [7, 11) is 0. The first-order chi connectivity index (χ1) is 12.0. The first-order valence-electron chi connectivity index (χ1n) is 8.32. The van der Waals surface area contributed by atoms with Crippen molar-refractivity contribution in [2.75, 3.05) is 11.9 Å². The van der Waals surface area contributed by atoms with Gasteiger partial charge in [-0.05, 0) is 35.7 Å². The van der Waals surface area contributed by atoms with E-state index in [0.717, 1.165) is 16.2 Å². The molecule has 0 unspecified atom stereocenters. The quantitative estimate of drug-likeness (QED) is 0.851. The standard InChI is InChI=1S/C20H20N2O3/c1-13(2)14-6-5-7-15(12-14)21-18(23)10-11-22-19(24)16-8-3-4-9-17(16)20(22)25/h3-9,12-13H,10-11H2,1-2H3,(H,21,23). The Balaban J connectivity index is 1.61. The lowest BCUT2D eigenvalue weighted by Gasteiger charge is -2.14. The summed E-state index contributed by atoms with van der Waals surface area (Å²) in [6.07, 6.45) is 0.0668. The van der Waals surface area contributed by atoms with Gasteiger partial charge in [0.15, 0.2) is 0 Å². The van der Waals surface area contributed by atoms with E-state index < -0.39 is 0 Å². The Labute approximate surface area is 146 Å². The molecule has 0 radical (unpaired) electrons. The molecule has 0 saturated heterocycles. The fraction of sp³-hybridized carbons (Fsp3) is 0.250. The van der Waals surface area contributed by atoms with Crippen molar-refractivity contribution in [2.24, 2.45) is 0 Å². The van der Waals surface area contributed by atoms with Crippen LogP contribution in [0.15, 0.2) is 48.5 Å². The van der Waals surface area contributed by atoms with Crippen LogP contribution in [-0.4, -0.2) is 29.2 Å². The van der Waals surface area contributed by atoms with Crippen LogP contribution in [0.4, 0.5) is 5.69 Å². The van der Waals surface area contributed by atoms with Crippen LogP contribution in [0.3, 0.4) is 0 Å². The normalized spacial score (nSPS) is 13.3. The van der Waals surface area contributed by atoms with E-state index in [9.17, 15) is 14.4 Å². The third-order valence-corrected chi connectivity index (χ3v) is 4.28. The van der Waals surface area contributed by atoms with E-state index in [1.54, 1.807) is 24.3 Å². The van der Waals surface area contributed by atoms with Gasteiger partial charge in [-0.15, -0.1) is 0 Å². The second-order valence-electron chi connectivity index (χ2n) is 6.39. The fourth-order valence-corrected chi connectivity index (χ4v) is 2.85. The number of nitrogens with one attached hydrogen (secondary N) is 1. The molecule has 1 aliphatic heterocycles. The number of fused-ring (bicyclic) bond motifs is 1. The highest BCUT2D eigenvalue weighted by molar-refractivity contribution is 6.21. The summed E-state index contributed by atoms with van der Waals surface area (Å²) in [6, 6.07) is 14.4. The zero-order valence-corrected chi connectivity index (χ0v) is 14.3. The van der Waals surface area contributed by atoms with Gasteiger partial charge in [-0.2, -0.15) is 0 Å². The minimum atomic E-state index is -0.338. The maximum Gasteiger partial charge on any atom is 0.261 e. The fourth-order valence-electron chi connectivity index (χ4n) is 2.85. The molecule has 2 aromatic carbocycles. The van der Waals surface area contributed by atoms with E-state index in [4.69, 9.17) is 0 Å². The molecule has 0 atom stereocenters. The number of carbonyl (C=O) groups is 3. The first-order valence-corrected chi connectivity index (χ1v) is 8.32. The van der Waals surface area contributed by atoms with Crippen LogP contribution in [0.5, 0.6) is 0 Å². The highest BCUT2D eigenvalue weighted by atomic mass is 16.2. The van der Waals surface area contributed by atoms with Crippen molar-refractivity contribution < 1.29 is 14.4 Å². The third-order valence-electron chi connectivity index (χ3n) is 4.28. The van der Waals surface area contributed by atoms with Gasteiger partial charge in [-0.1, -0.05) is 38.1 Å². The predicted octanol–water partition coefficient (Wildman–Crippen LogP) is 3.43. The summed E-state index contributed by atoms with van der Waals surface area (Å²) < 4.78 is 0. The summed E-state index contributed by atoms with van der Waals surface area (Å²) in [5.41, 5.74) is 2.66. The molecular formula is C20H20N2O3. The molecule has 5 heteroatoms. The number of nitrogens with zero attached hydrogens (tertiary/aromatic N) is 1. The molecule has 1 aliphatic rings. The average Bonchev–Trinajstić information content (AvgIpc) is 2.85. The number of anilines is 1. The summed E-state index contributed by atoms with van der Waals surface area (Å²) in [5.74, 6) is -0.530. The van der Waals surface area contributed by atoms with E-state index in [1.807, 2.05) is 24.3 Å². The molecular weight excluding hydrogens is 316 g/mol. The molecule has 0 aliphatic carbocycles. The molecule has 3 amide bonds. The number of imide groups is 1. The van der Waals surface area contributed by atoms with Gasteiger partial charge in [0, 0.05) is 18.7 Å². The molecule has 5 nitrogen and oxygen atoms in total. The maximum absolute atomic E-state index is 12.3. The van der Waals surface area contributed by atoms with Crippen LogP contribution < -0.4 is 5.32 Å². The van der Waals surface area contributed by atoms with Crippen molar-refractivity contribution in [3.8, 4) is 0 Å². The smallest absolute Gasteiger partial charge is 0.261 e. The highest BCUT2D eigenvalue weighted by Crippen LogP contribution is 2.23. The zero-order chi connectivity index (χ0) is 18.0. The van der Waals surface area contributed by atoms with Crippen LogP contribution in [-0.2, 0) is 4.79 Å². The van der Waals surface area contributed by atoms with Crippen molar-refractivity contribution >= 4 is 23.4 Å². The summed E-state index contributed by atoms with van der Waals surface area (Å²) in [5, 5.41) is 2.82. The van der Waals surface area contributed by atoms with Gasteiger partial charge in [0.25, 0.3) is 11.8 Å². The molecule has 0 spiro atoms. The largest absolute Gasteiger partial charge is 0.326 e. The van der Waals surface area contributed by atoms with Gasteiger partial charge >= 0.3 is 0 Å². The summed E-state index contributed by atoms with van der Waals surface area (Å²) in [4.78, 5) is 37.9. The van der Waals surface area contributed by atoms with E-state index in [-0.39, 0.29) is 30.7 Å². The summed E-state index contributed by atoms with van der Waals surface area (Å²) >= 11 is 0. The van der Waals surface area contributed by atoms with Crippen LogP contribution in [0.2, 0.25) is 0 Å². The topological polar surface area (TPSA) is 66.5 Å². The van der Waals surface area contributed by atoms with Crippen LogP contribution in [0, 0.1) is 0 Å². The molecule has 1 N–H and O–H groups in total. The van der Waals surface area contributed by atoms with Gasteiger partial charge in [0.1, 0.15) is 0 Å². The number of benzene rings is 2. The number of amides is 3. The molecule has 1 heterocycles. The Morgan fingerprint density at radius 3 is 2.24 bits per heavy atom. The van der Waals surface area contributed by atoms with Crippen molar-refractivity contribution in [1.29, 1.82) is 0 Å². The van der Waals surface area contributed by atoms with Gasteiger partial charge in [0.05, 0.1) is 11.1 Å². The van der Waals surface area contributed by atoms with E-state index in [0.29, 0.717) is 17.0 Å². The SMILES string of the molecule is CC(C)c1cccc(NC(=O)CCN2C(=O)c3ccccc3C2=O)c1. The molecule has 128 valence electrons. The Hall–Kier alpha value is -2.95. The maximum atomic E-state index is 12.3. The molecule has 25 heavy (non-hydrogen) atoms. The molecule has 0 saturated carbocycles. The minimum absolute atomic E-state index is 0.0668. The number of rotatable bonds is 5. The predicted molar refractivity (Wildman–Crippen MR) is 95.6 cm³/mol. The number of hydrogen-bond acceptors (Lipinski definition) is 3. The Bertz CT molecular complexity index is 807. The molecule has 0 aromatic heterocycles. The Kier molecular flexibility index (Phi) is 4.65. The lowest BCUT2D eigenvalue weighted by molar-refractivity contribution is -0.116. The minimum Gasteiger partial charge on any atom is -0.326 e. The van der Waals surface area contributed by atoms with Crippen molar-refractivity contribution in [2.45, 2.75) is 26.2 Å². The number of hydrogen-bond donors (Lipinski definition) is 1. The lowest BCUT2D eigenvalue weighted by Crippen LogP contribution is -2.32. The third kappa shape index (κ3) is 3.45. The van der Waals surface area contributed by atoms with Crippen molar-refractivity contribution in [1.82, 2.24) is 4.90 Å². The Morgan fingerprint density at radius 1 is 1.00 bits per heavy atom. The molecule has 0 fully saturated rings. The van der Waals surface area contributed by atoms with E-state index >= 15 is 0 Å². The highest BCUT2D eigenvalue weighted by Gasteiger charge is 2.34. The van der Waals surface area contributed by atoms with Gasteiger partial charge in [-0.25, -0.2) is 0 Å².